The van der Waals surface area contributed by atoms with Crippen molar-refractivity contribution in [3.8, 4) is 0 Å². The summed E-state index contributed by atoms with van der Waals surface area (Å²) in [5.74, 6) is -0.0866. The number of rotatable bonds is 4. The Kier molecular flexibility index (Phi) is 3.83. The van der Waals surface area contributed by atoms with E-state index >= 15 is 0 Å². The van der Waals surface area contributed by atoms with Gasteiger partial charge in [0.05, 0.1) is 0 Å². The molecule has 86 valence electrons. The summed E-state index contributed by atoms with van der Waals surface area (Å²) in [6.07, 6.45) is 1.17. The van der Waals surface area contributed by atoms with Crippen LogP contribution in [0.2, 0.25) is 0 Å². The van der Waals surface area contributed by atoms with Gasteiger partial charge in [-0.05, 0) is 16.8 Å². The summed E-state index contributed by atoms with van der Waals surface area (Å²) in [6.45, 7) is 3.35. The van der Waals surface area contributed by atoms with Crippen molar-refractivity contribution < 1.29 is 9.53 Å². The number of hydrogen-bond acceptors (Lipinski definition) is 3. The molecule has 2 rings (SSSR count). The van der Waals surface area contributed by atoms with E-state index in [-0.39, 0.29) is 0 Å². The molecule has 0 aliphatic heterocycles. The van der Waals surface area contributed by atoms with Crippen molar-refractivity contribution in [1.29, 1.82) is 0 Å². The number of esters is 1. The van der Waals surface area contributed by atoms with Gasteiger partial charge in [-0.1, -0.05) is 54.7 Å². The molecule has 0 spiro atoms. The van der Waals surface area contributed by atoms with Crippen LogP contribution < -0.4 is 0 Å². The summed E-state index contributed by atoms with van der Waals surface area (Å²) >= 11 is 1.50. The largest absolute Gasteiger partial charge is 0.451 e. The molecule has 0 aliphatic carbocycles. The SMILES string of the molecule is C=CC(=O)OCSc1cccc2ccccc12. The minimum atomic E-state index is -0.391. The van der Waals surface area contributed by atoms with Gasteiger partial charge in [0.15, 0.2) is 0 Å². The highest BCUT2D eigenvalue weighted by Crippen LogP contribution is 2.27. The maximum atomic E-state index is 10.9. The molecule has 0 saturated heterocycles. The average molecular weight is 244 g/mol. The van der Waals surface area contributed by atoms with Crippen molar-refractivity contribution in [1.82, 2.24) is 0 Å². The van der Waals surface area contributed by atoms with Gasteiger partial charge >= 0.3 is 5.97 Å². The molecular weight excluding hydrogens is 232 g/mol. The Labute approximate surface area is 104 Å². The minimum absolute atomic E-state index is 0.304. The molecule has 0 aromatic heterocycles. The lowest BCUT2D eigenvalue weighted by atomic mass is 10.1. The van der Waals surface area contributed by atoms with Crippen LogP contribution in [0.5, 0.6) is 0 Å². The molecule has 17 heavy (non-hydrogen) atoms. The smallest absolute Gasteiger partial charge is 0.330 e. The highest BCUT2D eigenvalue weighted by Gasteiger charge is 2.02. The molecule has 0 radical (unpaired) electrons. The van der Waals surface area contributed by atoms with Gasteiger partial charge in [-0.2, -0.15) is 0 Å². The fourth-order valence-electron chi connectivity index (χ4n) is 1.53. The zero-order valence-corrected chi connectivity index (χ0v) is 10.1. The van der Waals surface area contributed by atoms with E-state index in [1.54, 1.807) is 0 Å². The van der Waals surface area contributed by atoms with Crippen LogP contribution in [0.3, 0.4) is 0 Å². The summed E-state index contributed by atoms with van der Waals surface area (Å²) in [4.78, 5) is 12.0. The van der Waals surface area contributed by atoms with E-state index < -0.39 is 5.97 Å². The minimum Gasteiger partial charge on any atom is -0.451 e. The molecule has 2 aromatic carbocycles. The van der Waals surface area contributed by atoms with E-state index in [0.29, 0.717) is 5.94 Å². The normalized spacial score (nSPS) is 10.1. The molecule has 2 nitrogen and oxygen atoms in total. The third kappa shape index (κ3) is 2.88. The van der Waals surface area contributed by atoms with E-state index in [9.17, 15) is 4.79 Å². The molecular formula is C14H12O2S. The topological polar surface area (TPSA) is 26.3 Å². The first-order chi connectivity index (χ1) is 8.31. The van der Waals surface area contributed by atoms with Crippen molar-refractivity contribution in [2.75, 3.05) is 5.94 Å². The van der Waals surface area contributed by atoms with Gasteiger partial charge in [-0.3, -0.25) is 0 Å². The molecule has 3 heteroatoms. The molecule has 0 unspecified atom stereocenters. The van der Waals surface area contributed by atoms with Gasteiger partial charge in [0.2, 0.25) is 0 Å². The molecule has 0 amide bonds. The summed E-state index contributed by atoms with van der Waals surface area (Å²) < 4.78 is 4.95. The average Bonchev–Trinajstić information content (AvgIpc) is 2.39. The highest BCUT2D eigenvalue weighted by molar-refractivity contribution is 7.99. The molecule has 0 atom stereocenters. The van der Waals surface area contributed by atoms with Gasteiger partial charge in [0.25, 0.3) is 0 Å². The standard InChI is InChI=1S/C14H12O2S/c1-2-14(15)16-10-17-13-9-5-7-11-6-3-4-8-12(11)13/h2-9H,1,10H2. The second-order valence-electron chi connectivity index (χ2n) is 3.41. The molecule has 0 aliphatic rings. The van der Waals surface area contributed by atoms with Crippen molar-refractivity contribution in [3.63, 3.8) is 0 Å². The predicted molar refractivity (Wildman–Crippen MR) is 71.0 cm³/mol. The van der Waals surface area contributed by atoms with Crippen LogP contribution in [-0.2, 0) is 9.53 Å². The maximum absolute atomic E-state index is 10.9. The molecule has 2 aromatic rings. The Hall–Kier alpha value is -1.74. The first kappa shape index (κ1) is 11.7. The van der Waals surface area contributed by atoms with E-state index in [4.69, 9.17) is 4.74 Å². The number of thioether (sulfide) groups is 1. The number of hydrogen-bond donors (Lipinski definition) is 0. The van der Waals surface area contributed by atoms with Crippen LogP contribution in [0, 0.1) is 0 Å². The lowest BCUT2D eigenvalue weighted by Crippen LogP contribution is -1.98. The van der Waals surface area contributed by atoms with Crippen molar-refractivity contribution in [3.05, 3.63) is 55.1 Å². The van der Waals surface area contributed by atoms with Crippen LogP contribution in [0.4, 0.5) is 0 Å². The number of fused-ring (bicyclic) bond motifs is 1. The Morgan fingerprint density at radius 1 is 1.24 bits per heavy atom. The Morgan fingerprint density at radius 2 is 2.00 bits per heavy atom. The molecule has 0 N–H and O–H groups in total. The summed E-state index contributed by atoms with van der Waals surface area (Å²) in [6, 6.07) is 14.2. The Balaban J connectivity index is 2.13. The second kappa shape index (κ2) is 5.55. The molecule has 0 heterocycles. The van der Waals surface area contributed by atoms with Crippen molar-refractivity contribution in [2.45, 2.75) is 4.90 Å². The lowest BCUT2D eigenvalue weighted by molar-refractivity contribution is -0.135. The van der Waals surface area contributed by atoms with Gasteiger partial charge < -0.3 is 4.74 Å². The second-order valence-corrected chi connectivity index (χ2v) is 4.37. The number of carbonyl (C=O) groups is 1. The third-order valence-corrected chi connectivity index (χ3v) is 3.23. The van der Waals surface area contributed by atoms with Gasteiger partial charge in [-0.25, -0.2) is 4.79 Å². The van der Waals surface area contributed by atoms with Gasteiger partial charge in [0.1, 0.15) is 5.94 Å². The quantitative estimate of drug-likeness (QED) is 0.355. The first-order valence-corrected chi connectivity index (χ1v) is 6.19. The molecule has 0 saturated carbocycles. The van der Waals surface area contributed by atoms with Crippen LogP contribution in [0.15, 0.2) is 60.0 Å². The monoisotopic (exact) mass is 244 g/mol. The first-order valence-electron chi connectivity index (χ1n) is 5.21. The van der Waals surface area contributed by atoms with Crippen LogP contribution in [-0.4, -0.2) is 11.9 Å². The highest BCUT2D eigenvalue weighted by atomic mass is 32.2. The number of ether oxygens (including phenoxy) is 1. The van der Waals surface area contributed by atoms with E-state index in [1.165, 1.54) is 28.6 Å². The van der Waals surface area contributed by atoms with Crippen molar-refractivity contribution >= 4 is 28.5 Å². The van der Waals surface area contributed by atoms with E-state index in [2.05, 4.69) is 24.8 Å². The lowest BCUT2D eigenvalue weighted by Gasteiger charge is -2.06. The van der Waals surface area contributed by atoms with E-state index in [1.807, 2.05) is 24.3 Å². The van der Waals surface area contributed by atoms with Gasteiger partial charge in [-0.15, -0.1) is 0 Å². The summed E-state index contributed by atoms with van der Waals surface area (Å²) in [5, 5.41) is 2.36. The van der Waals surface area contributed by atoms with E-state index in [0.717, 1.165) is 4.90 Å². The van der Waals surface area contributed by atoms with Crippen LogP contribution >= 0.6 is 11.8 Å². The Bertz CT molecular complexity index is 543. The summed E-state index contributed by atoms with van der Waals surface area (Å²) in [7, 11) is 0. The zero-order valence-electron chi connectivity index (χ0n) is 9.26. The number of benzene rings is 2. The summed E-state index contributed by atoms with van der Waals surface area (Å²) in [5.41, 5.74) is 0. The van der Waals surface area contributed by atoms with Crippen LogP contribution in [0.1, 0.15) is 0 Å². The van der Waals surface area contributed by atoms with Crippen molar-refractivity contribution in [2.24, 2.45) is 0 Å². The maximum Gasteiger partial charge on any atom is 0.330 e. The third-order valence-electron chi connectivity index (χ3n) is 2.33. The molecule has 0 fully saturated rings. The van der Waals surface area contributed by atoms with Gasteiger partial charge in [0, 0.05) is 11.0 Å². The molecule has 0 bridgehead atoms. The van der Waals surface area contributed by atoms with Crippen LogP contribution in [0.25, 0.3) is 10.8 Å². The number of carbonyl (C=O) groups excluding carboxylic acids is 1. The fourth-order valence-corrected chi connectivity index (χ4v) is 2.35. The fraction of sp³-hybridized carbons (Fsp3) is 0.0714. The predicted octanol–water partition coefficient (Wildman–Crippen LogP) is 3.62. The Morgan fingerprint density at radius 3 is 2.82 bits per heavy atom. The zero-order chi connectivity index (χ0) is 12.1.